The molecule has 0 amide bonds. The fourth-order valence-corrected chi connectivity index (χ4v) is 2.15. The molecule has 0 fully saturated rings. The average molecular weight is 297 g/mol. The highest BCUT2D eigenvalue weighted by Gasteiger charge is 2.23. The van der Waals surface area contributed by atoms with Crippen LogP contribution >= 0.6 is 0 Å². The van der Waals surface area contributed by atoms with Gasteiger partial charge < -0.3 is 9.26 Å². The molecular weight excluding hydrogens is 282 g/mol. The maximum Gasteiger partial charge on any atom is 0.345 e. The molecule has 6 nitrogen and oxygen atoms in total. The Balaban J connectivity index is 1.99. The van der Waals surface area contributed by atoms with E-state index in [0.29, 0.717) is 11.3 Å². The largest absolute Gasteiger partial charge is 0.462 e. The first kappa shape index (κ1) is 14.1. The van der Waals surface area contributed by atoms with Crippen molar-refractivity contribution >= 4 is 5.97 Å². The second-order valence-corrected chi connectivity index (χ2v) is 4.68. The third-order valence-electron chi connectivity index (χ3n) is 3.19. The first-order chi connectivity index (χ1) is 10.7. The summed E-state index contributed by atoms with van der Waals surface area (Å²) >= 11 is 0. The third kappa shape index (κ3) is 2.50. The summed E-state index contributed by atoms with van der Waals surface area (Å²) in [6, 6.07) is 11.6. The van der Waals surface area contributed by atoms with Gasteiger partial charge in [0.05, 0.1) is 18.0 Å². The molecular formula is C16H15N3O3. The molecule has 112 valence electrons. The predicted octanol–water partition coefficient (Wildman–Crippen LogP) is 3.01. The van der Waals surface area contributed by atoms with Crippen LogP contribution in [0.5, 0.6) is 0 Å². The fourth-order valence-electron chi connectivity index (χ4n) is 2.15. The van der Waals surface area contributed by atoms with Crippen LogP contribution in [0, 0.1) is 6.92 Å². The highest BCUT2D eigenvalue weighted by molar-refractivity contribution is 5.93. The van der Waals surface area contributed by atoms with Crippen LogP contribution in [0.3, 0.4) is 0 Å². The van der Waals surface area contributed by atoms with E-state index in [9.17, 15) is 4.79 Å². The Bertz CT molecular complexity index is 790. The number of aryl methyl sites for hydroxylation is 1. The van der Waals surface area contributed by atoms with E-state index in [1.165, 1.54) is 4.68 Å². The molecule has 2 aromatic heterocycles. The number of carbonyl (C=O) groups excluding carboxylic acids is 1. The van der Waals surface area contributed by atoms with Gasteiger partial charge in [0.2, 0.25) is 0 Å². The number of aromatic nitrogens is 3. The molecule has 0 saturated carbocycles. The Morgan fingerprint density at radius 3 is 2.77 bits per heavy atom. The molecule has 22 heavy (non-hydrogen) atoms. The van der Waals surface area contributed by atoms with Gasteiger partial charge in [-0.05, 0) is 19.9 Å². The number of hydrogen-bond donors (Lipinski definition) is 0. The maximum absolute atomic E-state index is 12.0. The smallest absolute Gasteiger partial charge is 0.345 e. The molecule has 6 heteroatoms. The highest BCUT2D eigenvalue weighted by Crippen LogP contribution is 2.22. The lowest BCUT2D eigenvalue weighted by molar-refractivity contribution is 0.0524. The molecule has 3 aromatic rings. The Labute approximate surface area is 127 Å². The Morgan fingerprint density at radius 2 is 2.05 bits per heavy atom. The predicted molar refractivity (Wildman–Crippen MR) is 79.8 cm³/mol. The van der Waals surface area contributed by atoms with Gasteiger partial charge in [0.1, 0.15) is 5.56 Å². The molecule has 1 aromatic carbocycles. The van der Waals surface area contributed by atoms with E-state index in [1.54, 1.807) is 20.0 Å². The van der Waals surface area contributed by atoms with Crippen LogP contribution in [0.4, 0.5) is 0 Å². The Morgan fingerprint density at radius 1 is 1.27 bits per heavy atom. The van der Waals surface area contributed by atoms with Crippen molar-refractivity contribution in [3.8, 4) is 17.1 Å². The summed E-state index contributed by atoms with van der Waals surface area (Å²) in [5, 5.41) is 8.28. The van der Waals surface area contributed by atoms with Crippen LogP contribution in [0.25, 0.3) is 17.1 Å². The van der Waals surface area contributed by atoms with Crippen molar-refractivity contribution in [1.82, 2.24) is 14.9 Å². The van der Waals surface area contributed by atoms with Crippen molar-refractivity contribution in [1.29, 1.82) is 0 Å². The van der Waals surface area contributed by atoms with Gasteiger partial charge in [-0.15, -0.1) is 0 Å². The Kier molecular flexibility index (Phi) is 3.74. The van der Waals surface area contributed by atoms with E-state index in [0.717, 1.165) is 11.3 Å². The summed E-state index contributed by atoms with van der Waals surface area (Å²) < 4.78 is 11.8. The number of benzene rings is 1. The van der Waals surface area contributed by atoms with Crippen LogP contribution in [0.2, 0.25) is 0 Å². The van der Waals surface area contributed by atoms with Gasteiger partial charge in [-0.3, -0.25) is 0 Å². The van der Waals surface area contributed by atoms with Crippen LogP contribution in [0.1, 0.15) is 23.0 Å². The maximum atomic E-state index is 12.0. The number of nitrogens with zero attached hydrogens (tertiary/aromatic N) is 3. The molecule has 2 heterocycles. The first-order valence-corrected chi connectivity index (χ1v) is 6.95. The molecule has 0 radical (unpaired) electrons. The van der Waals surface area contributed by atoms with E-state index in [4.69, 9.17) is 9.26 Å². The summed E-state index contributed by atoms with van der Waals surface area (Å²) in [7, 11) is 0. The lowest BCUT2D eigenvalue weighted by Crippen LogP contribution is -2.09. The minimum absolute atomic E-state index is 0.262. The van der Waals surface area contributed by atoms with Gasteiger partial charge in [0, 0.05) is 11.8 Å². The molecule has 0 N–H and O–H groups in total. The van der Waals surface area contributed by atoms with Crippen molar-refractivity contribution in [2.24, 2.45) is 0 Å². The second-order valence-electron chi connectivity index (χ2n) is 4.68. The van der Waals surface area contributed by atoms with E-state index in [2.05, 4.69) is 10.3 Å². The van der Waals surface area contributed by atoms with Crippen molar-refractivity contribution in [3.63, 3.8) is 0 Å². The van der Waals surface area contributed by atoms with Gasteiger partial charge in [-0.25, -0.2) is 9.48 Å². The van der Waals surface area contributed by atoms with Gasteiger partial charge >= 0.3 is 5.97 Å². The Hall–Kier alpha value is -2.89. The van der Waals surface area contributed by atoms with Crippen LogP contribution in [-0.4, -0.2) is 27.5 Å². The standard InChI is InChI=1S/C16H15N3O3/c1-3-21-16(20)14-11(2)18-22-15(14)19-10-9-13(17-19)12-7-5-4-6-8-12/h4-10H,3H2,1-2H3. The molecule has 0 aliphatic rings. The average Bonchev–Trinajstić information content (AvgIpc) is 3.15. The van der Waals surface area contributed by atoms with Gasteiger partial charge in [-0.2, -0.15) is 5.10 Å². The molecule has 0 saturated heterocycles. The molecule has 3 rings (SSSR count). The molecule has 0 aliphatic carbocycles. The number of esters is 1. The normalized spacial score (nSPS) is 10.6. The van der Waals surface area contributed by atoms with E-state index in [1.807, 2.05) is 36.4 Å². The lowest BCUT2D eigenvalue weighted by atomic mass is 10.2. The SMILES string of the molecule is CCOC(=O)c1c(C)noc1-n1ccc(-c2ccccc2)n1. The monoisotopic (exact) mass is 297 g/mol. The van der Waals surface area contributed by atoms with E-state index in [-0.39, 0.29) is 12.5 Å². The molecule has 0 spiro atoms. The highest BCUT2D eigenvalue weighted by atomic mass is 16.5. The summed E-state index contributed by atoms with van der Waals surface area (Å²) in [5.74, 6) is -0.203. The third-order valence-corrected chi connectivity index (χ3v) is 3.19. The zero-order valence-corrected chi connectivity index (χ0v) is 12.3. The van der Waals surface area contributed by atoms with Crippen LogP contribution in [0.15, 0.2) is 47.1 Å². The number of hydrogen-bond acceptors (Lipinski definition) is 5. The summed E-state index contributed by atoms with van der Waals surface area (Å²) in [4.78, 5) is 12.0. The summed E-state index contributed by atoms with van der Waals surface area (Å²) in [5.41, 5.74) is 2.54. The second kappa shape index (κ2) is 5.85. The number of ether oxygens (including phenoxy) is 1. The summed E-state index contributed by atoms with van der Waals surface area (Å²) in [6.07, 6.45) is 1.73. The van der Waals surface area contributed by atoms with Crippen molar-refractivity contribution < 1.29 is 14.1 Å². The minimum atomic E-state index is -0.465. The van der Waals surface area contributed by atoms with E-state index >= 15 is 0 Å². The zero-order chi connectivity index (χ0) is 15.5. The lowest BCUT2D eigenvalue weighted by Gasteiger charge is -2.02. The van der Waals surface area contributed by atoms with E-state index < -0.39 is 5.97 Å². The first-order valence-electron chi connectivity index (χ1n) is 6.95. The van der Waals surface area contributed by atoms with Crippen molar-refractivity contribution in [2.75, 3.05) is 6.61 Å². The fraction of sp³-hybridized carbons (Fsp3) is 0.188. The van der Waals surface area contributed by atoms with Gasteiger partial charge in [0.25, 0.3) is 5.88 Å². The topological polar surface area (TPSA) is 70.2 Å². The molecule has 0 aliphatic heterocycles. The van der Waals surface area contributed by atoms with Gasteiger partial charge in [-0.1, -0.05) is 35.5 Å². The summed E-state index contributed by atoms with van der Waals surface area (Å²) in [6.45, 7) is 3.74. The zero-order valence-electron chi connectivity index (χ0n) is 12.3. The van der Waals surface area contributed by atoms with Crippen LogP contribution < -0.4 is 0 Å². The van der Waals surface area contributed by atoms with Crippen LogP contribution in [-0.2, 0) is 4.74 Å². The molecule has 0 unspecified atom stereocenters. The number of carbonyl (C=O) groups is 1. The molecule has 0 atom stereocenters. The van der Waals surface area contributed by atoms with Gasteiger partial charge in [0.15, 0.2) is 0 Å². The molecule has 0 bridgehead atoms. The minimum Gasteiger partial charge on any atom is -0.462 e. The van der Waals surface area contributed by atoms with Crippen molar-refractivity contribution in [2.45, 2.75) is 13.8 Å². The van der Waals surface area contributed by atoms with Crippen molar-refractivity contribution in [3.05, 3.63) is 53.9 Å². The number of rotatable bonds is 4. The quantitative estimate of drug-likeness (QED) is 0.692.